The molecule has 2 nitrogen and oxygen atoms in total. The van der Waals surface area contributed by atoms with Gasteiger partial charge in [0.05, 0.1) is 11.4 Å². The topological polar surface area (TPSA) is 15.3 Å². The number of benzene rings is 2. The van der Waals surface area contributed by atoms with Crippen molar-refractivity contribution in [3.05, 3.63) is 52.5 Å². The smallest absolute Gasteiger partial charge is 0.0597 e. The van der Waals surface area contributed by atoms with E-state index in [1.807, 2.05) is 0 Å². The zero-order chi connectivity index (χ0) is 15.4. The molecule has 0 aromatic heterocycles. The maximum absolute atomic E-state index is 3.61. The third kappa shape index (κ3) is 4.17. The first-order chi connectivity index (χ1) is 10.0. The van der Waals surface area contributed by atoms with Crippen LogP contribution in [0, 0.1) is 0 Å². The van der Waals surface area contributed by atoms with Gasteiger partial charge in [0.1, 0.15) is 0 Å². The van der Waals surface area contributed by atoms with Crippen molar-refractivity contribution >= 4 is 39.1 Å². The van der Waals surface area contributed by atoms with Crippen molar-refractivity contribution in [2.75, 3.05) is 30.6 Å². The van der Waals surface area contributed by atoms with E-state index in [0.29, 0.717) is 0 Å². The van der Waals surface area contributed by atoms with Crippen molar-refractivity contribution in [1.82, 2.24) is 0 Å². The highest BCUT2D eigenvalue weighted by Gasteiger charge is 2.10. The summed E-state index contributed by atoms with van der Waals surface area (Å²) in [5.41, 5.74) is 3.61. The first kappa shape index (κ1) is 16.2. The van der Waals surface area contributed by atoms with Crippen LogP contribution in [0.5, 0.6) is 0 Å². The molecule has 112 valence electrons. The van der Waals surface area contributed by atoms with E-state index >= 15 is 0 Å². The number of hydrogen-bond donors (Lipinski definition) is 1. The van der Waals surface area contributed by atoms with Crippen LogP contribution in [0.3, 0.4) is 0 Å². The third-order valence-corrected chi connectivity index (χ3v) is 4.67. The molecule has 0 fully saturated rings. The lowest BCUT2D eigenvalue weighted by Gasteiger charge is -2.22. The summed E-state index contributed by atoms with van der Waals surface area (Å²) in [5.74, 6) is 0. The summed E-state index contributed by atoms with van der Waals surface area (Å²) in [5, 5.41) is 3.61. The molecule has 4 heteroatoms. The maximum atomic E-state index is 3.61. The first-order valence-corrected chi connectivity index (χ1v) is 8.90. The van der Waals surface area contributed by atoms with Crippen LogP contribution in [0.25, 0.3) is 0 Å². The average molecular weight is 365 g/mol. The molecule has 0 spiro atoms. The molecule has 2 aromatic carbocycles. The zero-order valence-electron chi connectivity index (χ0n) is 12.9. The maximum Gasteiger partial charge on any atom is 0.0597 e. The van der Waals surface area contributed by atoms with Gasteiger partial charge in [0.2, 0.25) is 0 Å². The van der Waals surface area contributed by atoms with E-state index in [0.717, 1.165) is 10.2 Å². The minimum Gasteiger partial charge on any atom is -0.377 e. The number of anilines is 2. The fourth-order valence-electron chi connectivity index (χ4n) is 2.22. The molecule has 1 N–H and O–H groups in total. The van der Waals surface area contributed by atoms with Crippen LogP contribution in [0.1, 0.15) is 18.5 Å². The van der Waals surface area contributed by atoms with Gasteiger partial charge in [-0.05, 0) is 49.1 Å². The second-order valence-electron chi connectivity index (χ2n) is 5.20. The molecule has 0 bridgehead atoms. The molecule has 21 heavy (non-hydrogen) atoms. The molecule has 0 heterocycles. The van der Waals surface area contributed by atoms with Gasteiger partial charge in [-0.3, -0.25) is 0 Å². The van der Waals surface area contributed by atoms with Gasteiger partial charge >= 0.3 is 0 Å². The van der Waals surface area contributed by atoms with Crippen molar-refractivity contribution in [1.29, 1.82) is 0 Å². The Morgan fingerprint density at radius 1 is 1.10 bits per heavy atom. The summed E-state index contributed by atoms with van der Waals surface area (Å²) < 4.78 is 1.08. The van der Waals surface area contributed by atoms with Gasteiger partial charge in [0.15, 0.2) is 0 Å². The first-order valence-electron chi connectivity index (χ1n) is 6.88. The van der Waals surface area contributed by atoms with E-state index in [1.54, 1.807) is 11.8 Å². The SMILES string of the molecule is CSc1ccc(C(C)Nc2cc(Br)ccc2N(C)C)cc1. The number of thioether (sulfide) groups is 1. The highest BCUT2D eigenvalue weighted by molar-refractivity contribution is 9.10. The van der Waals surface area contributed by atoms with E-state index in [9.17, 15) is 0 Å². The molecule has 0 amide bonds. The van der Waals surface area contributed by atoms with Crippen LogP contribution in [0.15, 0.2) is 51.8 Å². The van der Waals surface area contributed by atoms with Crippen molar-refractivity contribution in [2.45, 2.75) is 17.9 Å². The lowest BCUT2D eigenvalue weighted by molar-refractivity contribution is 0.880. The summed E-state index contributed by atoms with van der Waals surface area (Å²) in [6.07, 6.45) is 2.10. The van der Waals surface area contributed by atoms with Crippen molar-refractivity contribution in [3.8, 4) is 0 Å². The molecular weight excluding hydrogens is 344 g/mol. The molecule has 0 aliphatic carbocycles. The lowest BCUT2D eigenvalue weighted by Crippen LogP contribution is -2.14. The summed E-state index contributed by atoms with van der Waals surface area (Å²) in [4.78, 5) is 3.42. The summed E-state index contributed by atoms with van der Waals surface area (Å²) in [7, 11) is 4.12. The highest BCUT2D eigenvalue weighted by Crippen LogP contribution is 2.31. The van der Waals surface area contributed by atoms with Crippen molar-refractivity contribution in [3.63, 3.8) is 0 Å². The predicted octanol–water partition coefficient (Wildman–Crippen LogP) is 5.41. The van der Waals surface area contributed by atoms with Crippen LogP contribution >= 0.6 is 27.7 Å². The van der Waals surface area contributed by atoms with Gasteiger partial charge in [-0.1, -0.05) is 28.1 Å². The molecule has 0 saturated carbocycles. The Bertz CT molecular complexity index is 596. The van der Waals surface area contributed by atoms with E-state index < -0.39 is 0 Å². The third-order valence-electron chi connectivity index (χ3n) is 3.43. The average Bonchev–Trinajstić information content (AvgIpc) is 2.47. The Morgan fingerprint density at radius 2 is 1.76 bits per heavy atom. The van der Waals surface area contributed by atoms with Crippen LogP contribution in [0.2, 0.25) is 0 Å². The minimum atomic E-state index is 0.258. The van der Waals surface area contributed by atoms with E-state index in [2.05, 4.69) is 95.9 Å². The van der Waals surface area contributed by atoms with Gasteiger partial charge in [-0.25, -0.2) is 0 Å². The monoisotopic (exact) mass is 364 g/mol. The largest absolute Gasteiger partial charge is 0.377 e. The normalized spacial score (nSPS) is 12.0. The predicted molar refractivity (Wildman–Crippen MR) is 98.7 cm³/mol. The Kier molecular flexibility index (Phi) is 5.59. The van der Waals surface area contributed by atoms with Crippen LogP contribution < -0.4 is 10.2 Å². The summed E-state index contributed by atoms with van der Waals surface area (Å²) >= 11 is 5.32. The van der Waals surface area contributed by atoms with E-state index in [-0.39, 0.29) is 6.04 Å². The van der Waals surface area contributed by atoms with Crippen LogP contribution in [-0.4, -0.2) is 20.4 Å². The van der Waals surface area contributed by atoms with E-state index in [1.165, 1.54) is 16.1 Å². The highest BCUT2D eigenvalue weighted by atomic mass is 79.9. The zero-order valence-corrected chi connectivity index (χ0v) is 15.3. The Balaban J connectivity index is 2.21. The second kappa shape index (κ2) is 7.23. The van der Waals surface area contributed by atoms with Gasteiger partial charge in [-0.15, -0.1) is 11.8 Å². The molecule has 0 radical (unpaired) electrons. The fourth-order valence-corrected chi connectivity index (χ4v) is 2.99. The summed E-state index contributed by atoms with van der Waals surface area (Å²) in [6, 6.07) is 15.3. The van der Waals surface area contributed by atoms with Gasteiger partial charge in [-0.2, -0.15) is 0 Å². The van der Waals surface area contributed by atoms with Crippen LogP contribution in [0.4, 0.5) is 11.4 Å². The molecule has 0 aliphatic heterocycles. The Labute approximate surface area is 140 Å². The second-order valence-corrected chi connectivity index (χ2v) is 6.99. The van der Waals surface area contributed by atoms with Crippen molar-refractivity contribution in [2.24, 2.45) is 0 Å². The quantitative estimate of drug-likeness (QED) is 0.713. The molecule has 1 unspecified atom stereocenters. The van der Waals surface area contributed by atoms with Gasteiger partial charge in [0, 0.05) is 29.5 Å². The Morgan fingerprint density at radius 3 is 2.33 bits per heavy atom. The number of hydrogen-bond acceptors (Lipinski definition) is 3. The van der Waals surface area contributed by atoms with Crippen LogP contribution in [-0.2, 0) is 0 Å². The summed E-state index contributed by atoms with van der Waals surface area (Å²) in [6.45, 7) is 2.19. The number of rotatable bonds is 5. The van der Waals surface area contributed by atoms with Crippen molar-refractivity contribution < 1.29 is 0 Å². The molecule has 0 saturated heterocycles. The van der Waals surface area contributed by atoms with Gasteiger partial charge in [0.25, 0.3) is 0 Å². The lowest BCUT2D eigenvalue weighted by atomic mass is 10.1. The molecule has 1 atom stereocenters. The fraction of sp³-hybridized carbons (Fsp3) is 0.294. The molecule has 2 rings (SSSR count). The molecule has 2 aromatic rings. The molecular formula is C17H21BrN2S. The number of nitrogens with one attached hydrogen (secondary N) is 1. The minimum absolute atomic E-state index is 0.258. The van der Waals surface area contributed by atoms with E-state index in [4.69, 9.17) is 0 Å². The standard InChI is InChI=1S/C17H21BrN2S/c1-12(13-5-8-15(21-4)9-6-13)19-16-11-14(18)7-10-17(16)20(2)3/h5-12,19H,1-4H3. The Hall–Kier alpha value is -1.13. The number of halogens is 1. The number of nitrogens with zero attached hydrogens (tertiary/aromatic N) is 1. The van der Waals surface area contributed by atoms with Gasteiger partial charge < -0.3 is 10.2 Å². The molecule has 0 aliphatic rings.